The van der Waals surface area contributed by atoms with Crippen LogP contribution in [-0.2, 0) is 26.5 Å². The molecular formula is C18H24N4O5S2. The van der Waals surface area contributed by atoms with Gasteiger partial charge in [0.15, 0.2) is 0 Å². The highest BCUT2D eigenvalue weighted by molar-refractivity contribution is 7.89. The molecule has 29 heavy (non-hydrogen) atoms. The van der Waals surface area contributed by atoms with Crippen LogP contribution in [0.2, 0.25) is 0 Å². The third kappa shape index (κ3) is 3.97. The summed E-state index contributed by atoms with van der Waals surface area (Å²) in [7, 11) is -1.80. The van der Waals surface area contributed by atoms with Crippen LogP contribution in [0, 0.1) is 6.92 Å². The number of ether oxygens (including phenoxy) is 2. The van der Waals surface area contributed by atoms with Crippen LogP contribution in [0.3, 0.4) is 0 Å². The number of morpholine rings is 2. The molecule has 158 valence electrons. The molecule has 9 nitrogen and oxygen atoms in total. The lowest BCUT2D eigenvalue weighted by Crippen LogP contribution is -2.40. The molecule has 0 saturated carbocycles. The summed E-state index contributed by atoms with van der Waals surface area (Å²) in [6.07, 6.45) is 1.60. The lowest BCUT2D eigenvalue weighted by atomic mass is 10.3. The van der Waals surface area contributed by atoms with Crippen molar-refractivity contribution < 1.29 is 22.7 Å². The van der Waals surface area contributed by atoms with Gasteiger partial charge in [0, 0.05) is 39.4 Å². The van der Waals surface area contributed by atoms with Gasteiger partial charge in [-0.2, -0.15) is 4.31 Å². The Morgan fingerprint density at radius 3 is 2.38 bits per heavy atom. The quantitative estimate of drug-likeness (QED) is 0.703. The Hall–Kier alpha value is -1.79. The van der Waals surface area contributed by atoms with Gasteiger partial charge in [0.2, 0.25) is 10.0 Å². The molecular weight excluding hydrogens is 416 g/mol. The fraction of sp³-hybridized carbons (Fsp3) is 0.556. The van der Waals surface area contributed by atoms with Crippen molar-refractivity contribution in [2.75, 3.05) is 52.6 Å². The molecule has 0 unspecified atom stereocenters. The minimum absolute atomic E-state index is 0.0510. The molecule has 0 aliphatic carbocycles. The largest absolute Gasteiger partial charge is 0.379 e. The lowest BCUT2D eigenvalue weighted by molar-refractivity contribution is 0.0305. The number of hydrogen-bond donors (Lipinski definition) is 0. The first-order valence-corrected chi connectivity index (χ1v) is 11.7. The summed E-state index contributed by atoms with van der Waals surface area (Å²) in [6, 6.07) is 1.63. The number of aryl methyl sites for hydroxylation is 2. The lowest BCUT2D eigenvalue weighted by Gasteiger charge is -2.26. The van der Waals surface area contributed by atoms with E-state index in [1.54, 1.807) is 28.8 Å². The topological polar surface area (TPSA) is 94.0 Å². The van der Waals surface area contributed by atoms with Gasteiger partial charge in [-0.05, 0) is 13.0 Å². The third-order valence-electron chi connectivity index (χ3n) is 5.10. The number of aromatic nitrogens is 2. The minimum atomic E-state index is -3.59. The van der Waals surface area contributed by atoms with Gasteiger partial charge in [0.25, 0.3) is 5.91 Å². The minimum Gasteiger partial charge on any atom is -0.379 e. The average Bonchev–Trinajstić information content (AvgIpc) is 3.31. The van der Waals surface area contributed by atoms with Crippen LogP contribution in [0.4, 0.5) is 0 Å². The molecule has 2 aromatic heterocycles. The van der Waals surface area contributed by atoms with Gasteiger partial charge in [-0.15, -0.1) is 11.3 Å². The molecule has 4 heterocycles. The second-order valence-electron chi connectivity index (χ2n) is 7.03. The van der Waals surface area contributed by atoms with E-state index in [0.29, 0.717) is 73.9 Å². The van der Waals surface area contributed by atoms with E-state index in [9.17, 15) is 13.2 Å². The standard InChI is InChI=1S/C18H24N4O5S2/c1-13-16(18(23)21-3-7-26-8-4-21)28-17(19-13)15-11-14(12-20(15)2)29(24,25)22-5-9-27-10-6-22/h11-12H,3-10H2,1-2H3. The van der Waals surface area contributed by atoms with E-state index in [4.69, 9.17) is 9.47 Å². The van der Waals surface area contributed by atoms with E-state index in [1.807, 2.05) is 6.92 Å². The summed E-state index contributed by atoms with van der Waals surface area (Å²) >= 11 is 1.30. The number of carbonyl (C=O) groups is 1. The molecule has 2 saturated heterocycles. The van der Waals surface area contributed by atoms with Crippen molar-refractivity contribution in [3.8, 4) is 10.7 Å². The molecule has 11 heteroatoms. The zero-order valence-corrected chi connectivity index (χ0v) is 18.1. The Kier molecular flexibility index (Phi) is 5.76. The fourth-order valence-electron chi connectivity index (χ4n) is 3.44. The Morgan fingerprint density at radius 1 is 1.10 bits per heavy atom. The molecule has 2 aliphatic rings. The normalized spacial score (nSPS) is 18.9. The van der Waals surface area contributed by atoms with E-state index in [0.717, 1.165) is 0 Å². The number of hydrogen-bond acceptors (Lipinski definition) is 7. The fourth-order valence-corrected chi connectivity index (χ4v) is 6.01. The van der Waals surface area contributed by atoms with Gasteiger partial charge in [0.05, 0.1) is 37.8 Å². The van der Waals surface area contributed by atoms with Crippen molar-refractivity contribution in [1.29, 1.82) is 0 Å². The molecule has 0 N–H and O–H groups in total. The van der Waals surface area contributed by atoms with E-state index in [1.165, 1.54) is 15.6 Å². The second-order valence-corrected chi connectivity index (χ2v) is 9.96. The second kappa shape index (κ2) is 8.15. The van der Waals surface area contributed by atoms with Gasteiger partial charge in [0.1, 0.15) is 14.8 Å². The summed E-state index contributed by atoms with van der Waals surface area (Å²) in [5.41, 5.74) is 1.33. The summed E-state index contributed by atoms with van der Waals surface area (Å²) in [4.78, 5) is 20.0. The van der Waals surface area contributed by atoms with Crippen molar-refractivity contribution >= 4 is 27.3 Å². The molecule has 1 amide bonds. The number of sulfonamides is 1. The molecule has 2 fully saturated rings. The highest BCUT2D eigenvalue weighted by Crippen LogP contribution is 2.32. The van der Waals surface area contributed by atoms with Crippen molar-refractivity contribution in [3.63, 3.8) is 0 Å². The van der Waals surface area contributed by atoms with Crippen LogP contribution in [0.1, 0.15) is 15.4 Å². The Balaban J connectivity index is 1.62. The van der Waals surface area contributed by atoms with Crippen LogP contribution in [0.15, 0.2) is 17.2 Å². The Morgan fingerprint density at radius 2 is 1.72 bits per heavy atom. The summed E-state index contributed by atoms with van der Waals surface area (Å²) in [5, 5.41) is 0.630. The first kappa shape index (κ1) is 20.5. The number of thiazole rings is 1. The Labute approximate surface area is 173 Å². The SMILES string of the molecule is Cc1nc(-c2cc(S(=O)(=O)N3CCOCC3)cn2C)sc1C(=O)N1CCOCC1. The average molecular weight is 441 g/mol. The number of amides is 1. The summed E-state index contributed by atoms with van der Waals surface area (Å²) in [5.74, 6) is -0.0510. The zero-order chi connectivity index (χ0) is 20.6. The van der Waals surface area contributed by atoms with Crippen LogP contribution < -0.4 is 0 Å². The van der Waals surface area contributed by atoms with E-state index in [2.05, 4.69) is 4.98 Å². The van der Waals surface area contributed by atoms with E-state index >= 15 is 0 Å². The summed E-state index contributed by atoms with van der Waals surface area (Å²) in [6.45, 7) is 5.52. The maximum Gasteiger partial charge on any atom is 0.266 e. The first-order chi connectivity index (χ1) is 13.9. The van der Waals surface area contributed by atoms with Gasteiger partial charge in [-0.1, -0.05) is 0 Å². The smallest absolute Gasteiger partial charge is 0.266 e. The number of carbonyl (C=O) groups excluding carboxylic acids is 1. The summed E-state index contributed by atoms with van der Waals surface area (Å²) < 4.78 is 39.6. The molecule has 0 radical (unpaired) electrons. The number of nitrogens with zero attached hydrogens (tertiary/aromatic N) is 4. The van der Waals surface area contributed by atoms with Crippen LogP contribution in [0.25, 0.3) is 10.7 Å². The van der Waals surface area contributed by atoms with Gasteiger partial charge in [-0.3, -0.25) is 4.79 Å². The van der Waals surface area contributed by atoms with Crippen LogP contribution in [-0.4, -0.2) is 85.7 Å². The molecule has 0 bridgehead atoms. The van der Waals surface area contributed by atoms with Gasteiger partial charge < -0.3 is 18.9 Å². The van der Waals surface area contributed by atoms with Crippen molar-refractivity contribution in [3.05, 3.63) is 22.8 Å². The zero-order valence-electron chi connectivity index (χ0n) is 16.5. The molecule has 0 aromatic carbocycles. The first-order valence-electron chi connectivity index (χ1n) is 9.47. The van der Waals surface area contributed by atoms with Gasteiger partial charge >= 0.3 is 0 Å². The highest BCUT2D eigenvalue weighted by atomic mass is 32.2. The molecule has 4 rings (SSSR count). The molecule has 2 aliphatic heterocycles. The molecule has 0 spiro atoms. The monoisotopic (exact) mass is 440 g/mol. The predicted octanol–water partition coefficient (Wildman–Crippen LogP) is 0.950. The van der Waals surface area contributed by atoms with Crippen LogP contribution >= 0.6 is 11.3 Å². The van der Waals surface area contributed by atoms with Crippen molar-refractivity contribution in [2.45, 2.75) is 11.8 Å². The van der Waals surface area contributed by atoms with Gasteiger partial charge in [-0.25, -0.2) is 13.4 Å². The molecule has 0 atom stereocenters. The van der Waals surface area contributed by atoms with Crippen molar-refractivity contribution in [2.24, 2.45) is 7.05 Å². The van der Waals surface area contributed by atoms with Crippen LogP contribution in [0.5, 0.6) is 0 Å². The predicted molar refractivity (Wildman–Crippen MR) is 108 cm³/mol. The van der Waals surface area contributed by atoms with E-state index in [-0.39, 0.29) is 10.8 Å². The number of rotatable bonds is 4. The highest BCUT2D eigenvalue weighted by Gasteiger charge is 2.29. The maximum atomic E-state index is 12.9. The van der Waals surface area contributed by atoms with Crippen molar-refractivity contribution in [1.82, 2.24) is 18.8 Å². The maximum absolute atomic E-state index is 12.9. The Bertz CT molecular complexity index is 1000. The van der Waals surface area contributed by atoms with E-state index < -0.39 is 10.0 Å². The molecule has 2 aromatic rings. The third-order valence-corrected chi connectivity index (χ3v) is 8.13.